The molecule has 2 aromatic rings. The Hall–Kier alpha value is -2.80. The molecule has 1 N–H and O–H groups in total. The highest BCUT2D eigenvalue weighted by Crippen LogP contribution is 2.47. The van der Waals surface area contributed by atoms with Crippen LogP contribution < -0.4 is 14.8 Å². The van der Waals surface area contributed by atoms with Gasteiger partial charge in [0.2, 0.25) is 0 Å². The smallest absolute Gasteiger partial charge is 0.283 e. The summed E-state index contributed by atoms with van der Waals surface area (Å²) in [6.07, 6.45) is 3.77. The van der Waals surface area contributed by atoms with E-state index in [1.807, 2.05) is 0 Å². The lowest BCUT2D eigenvalue weighted by atomic mass is 10.1. The number of nitro benzene ring substituents is 1. The van der Waals surface area contributed by atoms with Crippen molar-refractivity contribution in [3.8, 4) is 11.5 Å². The van der Waals surface area contributed by atoms with Crippen molar-refractivity contribution in [2.45, 2.75) is 31.5 Å². The van der Waals surface area contributed by atoms with Gasteiger partial charge in [-0.15, -0.1) is 0 Å². The van der Waals surface area contributed by atoms with E-state index >= 15 is 0 Å². The highest BCUT2D eigenvalue weighted by molar-refractivity contribution is 6.31. The van der Waals surface area contributed by atoms with Crippen molar-refractivity contribution >= 4 is 28.9 Å². The summed E-state index contributed by atoms with van der Waals surface area (Å²) in [4.78, 5) is 23.0. The maximum absolute atomic E-state index is 12.5. The molecule has 0 aromatic heterocycles. The lowest BCUT2D eigenvalue weighted by molar-refractivity contribution is -0.385. The van der Waals surface area contributed by atoms with E-state index in [1.165, 1.54) is 12.1 Å². The Balaban J connectivity index is 1.56. The summed E-state index contributed by atoms with van der Waals surface area (Å²) in [6, 6.07) is 9.00. The Labute approximate surface area is 154 Å². The predicted octanol–water partition coefficient (Wildman–Crippen LogP) is 4.54. The van der Waals surface area contributed by atoms with Crippen molar-refractivity contribution in [2.24, 2.45) is 0 Å². The standard InChI is InChI=1S/C18H15ClN2O5/c19-11-3-5-13(14(9-11)21(23)24)17(22)20-12-4-6-15-16(10-12)26-18(25-15)7-1-2-8-18/h3-6,9-10H,1-2,7-8H2,(H,20,22). The first kappa shape index (κ1) is 16.7. The van der Waals surface area contributed by atoms with Crippen molar-refractivity contribution in [3.05, 3.63) is 57.1 Å². The van der Waals surface area contributed by atoms with Crippen molar-refractivity contribution in [3.63, 3.8) is 0 Å². The third-order valence-corrected chi connectivity index (χ3v) is 4.80. The number of benzene rings is 2. The van der Waals surface area contributed by atoms with Crippen LogP contribution in [0.4, 0.5) is 11.4 Å². The molecule has 134 valence electrons. The van der Waals surface area contributed by atoms with Gasteiger partial charge in [-0.2, -0.15) is 0 Å². The van der Waals surface area contributed by atoms with Crippen LogP contribution in [-0.2, 0) is 0 Å². The van der Waals surface area contributed by atoms with Crippen LogP contribution in [-0.4, -0.2) is 16.6 Å². The zero-order chi connectivity index (χ0) is 18.3. The molecule has 4 rings (SSSR count). The summed E-state index contributed by atoms with van der Waals surface area (Å²) in [7, 11) is 0. The van der Waals surface area contributed by atoms with Crippen LogP contribution in [0.2, 0.25) is 5.02 Å². The largest absolute Gasteiger partial charge is 0.448 e. The van der Waals surface area contributed by atoms with E-state index in [0.717, 1.165) is 31.7 Å². The number of rotatable bonds is 3. The molecule has 0 unspecified atom stereocenters. The van der Waals surface area contributed by atoms with Crippen molar-refractivity contribution < 1.29 is 19.2 Å². The lowest BCUT2D eigenvalue weighted by Crippen LogP contribution is -2.34. The number of carbonyl (C=O) groups is 1. The number of ether oxygens (including phenoxy) is 2. The maximum Gasteiger partial charge on any atom is 0.283 e. The van der Waals surface area contributed by atoms with Gasteiger partial charge in [0.15, 0.2) is 11.5 Å². The van der Waals surface area contributed by atoms with E-state index < -0.39 is 16.6 Å². The zero-order valence-corrected chi connectivity index (χ0v) is 14.4. The fraction of sp³-hybridized carbons (Fsp3) is 0.278. The van der Waals surface area contributed by atoms with Gasteiger partial charge in [-0.3, -0.25) is 14.9 Å². The van der Waals surface area contributed by atoms with Crippen molar-refractivity contribution in [1.82, 2.24) is 0 Å². The first-order valence-corrected chi connectivity index (χ1v) is 8.61. The first-order chi connectivity index (χ1) is 12.5. The number of nitro groups is 1. The summed E-state index contributed by atoms with van der Waals surface area (Å²) in [5.41, 5.74) is 0.0571. The second-order valence-corrected chi connectivity index (χ2v) is 6.79. The summed E-state index contributed by atoms with van der Waals surface area (Å²) in [6.45, 7) is 0. The monoisotopic (exact) mass is 374 g/mol. The van der Waals surface area contributed by atoms with Crippen LogP contribution in [0, 0.1) is 10.1 Å². The number of hydrogen-bond donors (Lipinski definition) is 1. The molecule has 7 nitrogen and oxygen atoms in total. The van der Waals surface area contributed by atoms with Gasteiger partial charge in [0, 0.05) is 35.7 Å². The second-order valence-electron chi connectivity index (χ2n) is 6.36. The average molecular weight is 375 g/mol. The molecule has 0 atom stereocenters. The molecule has 0 radical (unpaired) electrons. The molecule has 1 heterocycles. The predicted molar refractivity (Wildman–Crippen MR) is 95.0 cm³/mol. The highest BCUT2D eigenvalue weighted by atomic mass is 35.5. The van der Waals surface area contributed by atoms with Gasteiger partial charge in [-0.1, -0.05) is 11.6 Å². The van der Waals surface area contributed by atoms with Crippen LogP contribution in [0.15, 0.2) is 36.4 Å². The van der Waals surface area contributed by atoms with E-state index in [9.17, 15) is 14.9 Å². The van der Waals surface area contributed by atoms with Crippen LogP contribution in [0.25, 0.3) is 0 Å². The third-order valence-electron chi connectivity index (χ3n) is 4.56. The van der Waals surface area contributed by atoms with E-state index in [4.69, 9.17) is 21.1 Å². The van der Waals surface area contributed by atoms with Gasteiger partial charge in [-0.05, 0) is 37.1 Å². The van der Waals surface area contributed by atoms with Gasteiger partial charge in [0.25, 0.3) is 17.4 Å². The third kappa shape index (κ3) is 2.94. The van der Waals surface area contributed by atoms with Crippen molar-refractivity contribution in [1.29, 1.82) is 0 Å². The van der Waals surface area contributed by atoms with Crippen LogP contribution >= 0.6 is 11.6 Å². The molecule has 0 bridgehead atoms. The molecule has 1 saturated carbocycles. The minimum absolute atomic E-state index is 0.0654. The van der Waals surface area contributed by atoms with Crippen molar-refractivity contribution in [2.75, 3.05) is 5.32 Å². The summed E-state index contributed by atoms with van der Waals surface area (Å²) < 4.78 is 11.9. The molecule has 8 heteroatoms. The second kappa shape index (κ2) is 6.17. The summed E-state index contributed by atoms with van der Waals surface area (Å²) in [5, 5.41) is 14.0. The number of amides is 1. The molecule has 2 aromatic carbocycles. The fourth-order valence-electron chi connectivity index (χ4n) is 3.34. The Morgan fingerprint density at radius 2 is 1.85 bits per heavy atom. The molecule has 1 amide bonds. The van der Waals surface area contributed by atoms with E-state index in [-0.39, 0.29) is 16.3 Å². The molecule has 2 aliphatic rings. The van der Waals surface area contributed by atoms with Crippen LogP contribution in [0.1, 0.15) is 36.0 Å². The number of fused-ring (bicyclic) bond motifs is 1. The van der Waals surface area contributed by atoms with Gasteiger partial charge in [-0.25, -0.2) is 0 Å². The van der Waals surface area contributed by atoms with Gasteiger partial charge in [0.05, 0.1) is 4.92 Å². The minimum Gasteiger partial charge on any atom is -0.448 e. The topological polar surface area (TPSA) is 90.7 Å². The molecular formula is C18H15ClN2O5. The number of anilines is 1. The molecule has 0 saturated heterocycles. The Kier molecular flexibility index (Phi) is 3.96. The number of nitrogens with zero attached hydrogens (tertiary/aromatic N) is 1. The minimum atomic E-state index is -0.635. The number of halogens is 1. The van der Waals surface area contributed by atoms with E-state index in [1.54, 1.807) is 18.2 Å². The molecule has 1 fully saturated rings. The number of carbonyl (C=O) groups excluding carboxylic acids is 1. The molecule has 1 spiro atoms. The number of nitrogens with one attached hydrogen (secondary N) is 1. The lowest BCUT2D eigenvalue weighted by Gasteiger charge is -2.21. The molecule has 26 heavy (non-hydrogen) atoms. The molecule has 1 aliphatic heterocycles. The molecule has 1 aliphatic carbocycles. The summed E-state index contributed by atoms with van der Waals surface area (Å²) >= 11 is 5.78. The normalized spacial score (nSPS) is 16.7. The van der Waals surface area contributed by atoms with E-state index in [2.05, 4.69) is 5.32 Å². The zero-order valence-electron chi connectivity index (χ0n) is 13.7. The van der Waals surface area contributed by atoms with E-state index in [0.29, 0.717) is 17.2 Å². The van der Waals surface area contributed by atoms with Crippen LogP contribution in [0.5, 0.6) is 11.5 Å². The highest BCUT2D eigenvalue weighted by Gasteiger charge is 2.44. The fourth-order valence-corrected chi connectivity index (χ4v) is 3.50. The Bertz CT molecular complexity index is 908. The Morgan fingerprint density at radius 1 is 1.12 bits per heavy atom. The van der Waals surface area contributed by atoms with Gasteiger partial charge >= 0.3 is 0 Å². The van der Waals surface area contributed by atoms with Gasteiger partial charge < -0.3 is 14.8 Å². The average Bonchev–Trinajstić information content (AvgIpc) is 3.20. The van der Waals surface area contributed by atoms with Crippen LogP contribution in [0.3, 0.4) is 0 Å². The first-order valence-electron chi connectivity index (χ1n) is 8.23. The van der Waals surface area contributed by atoms with Gasteiger partial charge in [0.1, 0.15) is 5.56 Å². The SMILES string of the molecule is O=C(Nc1ccc2c(c1)OC1(CCCC1)O2)c1ccc(Cl)cc1[N+](=O)[O-]. The molecular weight excluding hydrogens is 360 g/mol. The maximum atomic E-state index is 12.5. The Morgan fingerprint density at radius 3 is 2.58 bits per heavy atom. The summed E-state index contributed by atoms with van der Waals surface area (Å²) in [5.74, 6) is 0.0282. The number of hydrogen-bond acceptors (Lipinski definition) is 5. The quantitative estimate of drug-likeness (QED) is 0.629.